The summed E-state index contributed by atoms with van der Waals surface area (Å²) in [5, 5.41) is 3.70. The van der Waals surface area contributed by atoms with Crippen molar-refractivity contribution in [3.05, 3.63) is 72.4 Å². The van der Waals surface area contributed by atoms with Crippen LogP contribution in [0.25, 0.3) is 10.9 Å². The molecule has 2 heterocycles. The highest BCUT2D eigenvalue weighted by Crippen LogP contribution is 2.30. The second-order valence-electron chi connectivity index (χ2n) is 7.11. The van der Waals surface area contributed by atoms with Crippen molar-refractivity contribution in [2.45, 2.75) is 31.7 Å². The normalized spacial score (nSPS) is 17.1. The third kappa shape index (κ3) is 3.74. The summed E-state index contributed by atoms with van der Waals surface area (Å²) >= 11 is 0. The zero-order chi connectivity index (χ0) is 19.3. The summed E-state index contributed by atoms with van der Waals surface area (Å²) in [4.78, 5) is 32.0. The zero-order valence-electron chi connectivity index (χ0n) is 15.7. The second-order valence-corrected chi connectivity index (χ2v) is 7.11. The van der Waals surface area contributed by atoms with E-state index in [9.17, 15) is 9.59 Å². The van der Waals surface area contributed by atoms with Gasteiger partial charge in [0.2, 0.25) is 0 Å². The van der Waals surface area contributed by atoms with Crippen molar-refractivity contribution in [1.29, 1.82) is 0 Å². The Kier molecular flexibility index (Phi) is 5.33. The molecule has 28 heavy (non-hydrogen) atoms. The Balaban J connectivity index is 1.58. The molecule has 5 nitrogen and oxygen atoms in total. The fourth-order valence-corrected chi connectivity index (χ4v) is 3.88. The Morgan fingerprint density at radius 1 is 0.929 bits per heavy atom. The summed E-state index contributed by atoms with van der Waals surface area (Å²) in [6.07, 6.45) is 5.59. The van der Waals surface area contributed by atoms with E-state index < -0.39 is 11.8 Å². The molecular formula is C23H23N3O2. The van der Waals surface area contributed by atoms with Crippen LogP contribution in [0.1, 0.15) is 37.3 Å². The monoisotopic (exact) mass is 373 g/mol. The first kappa shape index (κ1) is 18.2. The van der Waals surface area contributed by atoms with E-state index in [1.54, 1.807) is 17.2 Å². The van der Waals surface area contributed by atoms with E-state index in [1.807, 2.05) is 54.6 Å². The number of anilines is 1. The number of hydrogen-bond donors (Lipinski definition) is 1. The lowest BCUT2D eigenvalue weighted by Crippen LogP contribution is -2.42. The molecule has 5 heteroatoms. The molecule has 1 saturated heterocycles. The minimum Gasteiger partial charge on any atom is -0.327 e. The maximum atomic E-state index is 13.1. The number of nitrogens with zero attached hydrogens (tertiary/aromatic N) is 2. The van der Waals surface area contributed by atoms with Crippen LogP contribution in [0.3, 0.4) is 0 Å². The van der Waals surface area contributed by atoms with Gasteiger partial charge in [0.25, 0.3) is 0 Å². The number of nitrogens with one attached hydrogen (secondary N) is 1. The van der Waals surface area contributed by atoms with Gasteiger partial charge in [0.15, 0.2) is 0 Å². The molecule has 1 aromatic heterocycles. The number of fused-ring (bicyclic) bond motifs is 1. The molecule has 3 aromatic rings. The van der Waals surface area contributed by atoms with Gasteiger partial charge < -0.3 is 10.2 Å². The van der Waals surface area contributed by atoms with E-state index in [0.29, 0.717) is 17.7 Å². The van der Waals surface area contributed by atoms with Gasteiger partial charge in [-0.3, -0.25) is 14.6 Å². The van der Waals surface area contributed by atoms with E-state index in [-0.39, 0.29) is 6.04 Å². The summed E-state index contributed by atoms with van der Waals surface area (Å²) in [6, 6.07) is 19.3. The standard InChI is InChI=1S/C23H23N3O2/c27-22(25-19-13-7-11-18-12-8-15-24-21(18)19)23(28)26-16-6-2-5-14-20(26)17-9-3-1-4-10-17/h1,3-4,7-13,15,20H,2,5-6,14,16H2,(H,25,27). The fourth-order valence-electron chi connectivity index (χ4n) is 3.88. The maximum absolute atomic E-state index is 13.1. The molecule has 1 aliphatic heterocycles. The van der Waals surface area contributed by atoms with Crippen LogP contribution in [-0.4, -0.2) is 28.2 Å². The van der Waals surface area contributed by atoms with Crippen molar-refractivity contribution in [2.75, 3.05) is 11.9 Å². The molecule has 2 amide bonds. The molecule has 2 aromatic carbocycles. The smallest absolute Gasteiger partial charge is 0.313 e. The molecule has 1 N–H and O–H groups in total. The van der Waals surface area contributed by atoms with Gasteiger partial charge in [-0.15, -0.1) is 0 Å². The number of benzene rings is 2. The summed E-state index contributed by atoms with van der Waals surface area (Å²) in [5.74, 6) is -1.09. The molecule has 0 bridgehead atoms. The Morgan fingerprint density at radius 2 is 1.75 bits per heavy atom. The van der Waals surface area contributed by atoms with Crippen LogP contribution >= 0.6 is 0 Å². The number of amides is 2. The number of rotatable bonds is 2. The molecule has 1 aliphatic rings. The second kappa shape index (κ2) is 8.21. The van der Waals surface area contributed by atoms with Gasteiger partial charge in [0.1, 0.15) is 0 Å². The molecule has 1 atom stereocenters. The zero-order valence-corrected chi connectivity index (χ0v) is 15.7. The van der Waals surface area contributed by atoms with Crippen LogP contribution in [0.15, 0.2) is 66.9 Å². The first-order valence-electron chi connectivity index (χ1n) is 9.75. The average molecular weight is 373 g/mol. The minimum absolute atomic E-state index is 0.0624. The molecule has 1 unspecified atom stereocenters. The largest absolute Gasteiger partial charge is 0.327 e. The van der Waals surface area contributed by atoms with E-state index in [2.05, 4.69) is 10.3 Å². The molecule has 0 saturated carbocycles. The first-order valence-corrected chi connectivity index (χ1v) is 9.75. The number of para-hydroxylation sites is 1. The number of carbonyl (C=O) groups excluding carboxylic acids is 2. The number of aromatic nitrogens is 1. The van der Waals surface area contributed by atoms with Crippen molar-refractivity contribution in [3.8, 4) is 0 Å². The third-order valence-corrected chi connectivity index (χ3v) is 5.27. The Labute approximate surface area is 164 Å². The van der Waals surface area contributed by atoms with Crippen LogP contribution in [0, 0.1) is 0 Å². The molecule has 0 radical (unpaired) electrons. The SMILES string of the molecule is O=C(Nc1cccc2cccnc12)C(=O)N1CCCCCC1c1ccccc1. The highest BCUT2D eigenvalue weighted by molar-refractivity contribution is 6.40. The van der Waals surface area contributed by atoms with Crippen molar-refractivity contribution in [2.24, 2.45) is 0 Å². The molecule has 142 valence electrons. The van der Waals surface area contributed by atoms with Crippen LogP contribution in [0.5, 0.6) is 0 Å². The predicted octanol–water partition coefficient (Wildman–Crippen LogP) is 4.32. The molecule has 1 fully saturated rings. The van der Waals surface area contributed by atoms with Gasteiger partial charge in [0, 0.05) is 18.1 Å². The topological polar surface area (TPSA) is 62.3 Å². The summed E-state index contributed by atoms with van der Waals surface area (Å²) < 4.78 is 0. The van der Waals surface area contributed by atoms with Crippen LogP contribution < -0.4 is 5.32 Å². The van der Waals surface area contributed by atoms with Gasteiger partial charge in [-0.25, -0.2) is 0 Å². The Morgan fingerprint density at radius 3 is 2.61 bits per heavy atom. The van der Waals surface area contributed by atoms with Gasteiger partial charge in [-0.2, -0.15) is 0 Å². The average Bonchev–Trinajstić information content (AvgIpc) is 3.00. The minimum atomic E-state index is -0.610. The van der Waals surface area contributed by atoms with E-state index in [0.717, 1.165) is 36.6 Å². The lowest BCUT2D eigenvalue weighted by Gasteiger charge is -2.30. The maximum Gasteiger partial charge on any atom is 0.313 e. The molecule has 0 spiro atoms. The predicted molar refractivity (Wildman–Crippen MR) is 110 cm³/mol. The highest BCUT2D eigenvalue weighted by atomic mass is 16.2. The molecule has 4 rings (SSSR count). The molecular weight excluding hydrogens is 350 g/mol. The third-order valence-electron chi connectivity index (χ3n) is 5.27. The number of likely N-dealkylation sites (tertiary alicyclic amines) is 1. The van der Waals surface area contributed by atoms with Crippen molar-refractivity contribution in [3.63, 3.8) is 0 Å². The van der Waals surface area contributed by atoms with Gasteiger partial charge in [-0.1, -0.05) is 61.4 Å². The van der Waals surface area contributed by atoms with Crippen LogP contribution in [0.4, 0.5) is 5.69 Å². The van der Waals surface area contributed by atoms with Gasteiger partial charge in [-0.05, 0) is 30.5 Å². The van der Waals surface area contributed by atoms with Crippen molar-refractivity contribution in [1.82, 2.24) is 9.88 Å². The number of pyridine rings is 1. The Bertz CT molecular complexity index is 982. The quantitative estimate of drug-likeness (QED) is 0.681. The van der Waals surface area contributed by atoms with Gasteiger partial charge in [0.05, 0.1) is 17.2 Å². The van der Waals surface area contributed by atoms with E-state index >= 15 is 0 Å². The highest BCUT2D eigenvalue weighted by Gasteiger charge is 2.30. The van der Waals surface area contributed by atoms with Crippen molar-refractivity contribution >= 4 is 28.4 Å². The van der Waals surface area contributed by atoms with E-state index in [4.69, 9.17) is 0 Å². The summed E-state index contributed by atoms with van der Waals surface area (Å²) in [7, 11) is 0. The first-order chi connectivity index (χ1) is 13.7. The van der Waals surface area contributed by atoms with Crippen LogP contribution in [-0.2, 0) is 9.59 Å². The number of hydrogen-bond acceptors (Lipinski definition) is 3. The number of carbonyl (C=O) groups is 2. The van der Waals surface area contributed by atoms with Crippen LogP contribution in [0.2, 0.25) is 0 Å². The lowest BCUT2D eigenvalue weighted by atomic mass is 10.0. The van der Waals surface area contributed by atoms with E-state index in [1.165, 1.54) is 0 Å². The van der Waals surface area contributed by atoms with Gasteiger partial charge >= 0.3 is 11.8 Å². The summed E-state index contributed by atoms with van der Waals surface area (Å²) in [6.45, 7) is 0.597. The Hall–Kier alpha value is -3.21. The lowest BCUT2D eigenvalue weighted by molar-refractivity contribution is -0.144. The fraction of sp³-hybridized carbons (Fsp3) is 0.261. The van der Waals surface area contributed by atoms with Crippen molar-refractivity contribution < 1.29 is 9.59 Å². The molecule has 0 aliphatic carbocycles. The summed E-state index contributed by atoms with van der Waals surface area (Å²) in [5.41, 5.74) is 2.32.